The van der Waals surface area contributed by atoms with Crippen LogP contribution in [0.2, 0.25) is 0 Å². The summed E-state index contributed by atoms with van der Waals surface area (Å²) in [6, 6.07) is 2.62. The van der Waals surface area contributed by atoms with Crippen LogP contribution >= 0.6 is 0 Å². The maximum atomic E-state index is 4.53. The molecule has 0 saturated carbocycles. The van der Waals surface area contributed by atoms with E-state index in [9.17, 15) is 0 Å². The molecule has 2 saturated heterocycles. The van der Waals surface area contributed by atoms with E-state index < -0.39 is 0 Å². The Hall–Kier alpha value is -1.16. The Bertz CT molecular complexity index is 392. The standard InChI is InChI=1S/C12H18N4/c1-8-11-6-13-5-10(11)7-16(8)12-3-4-14-9(2)15-12/h3-4,8,10-11,13H,5-7H2,1-2H3. The molecule has 4 heteroatoms. The van der Waals surface area contributed by atoms with Crippen molar-refractivity contribution in [3.05, 3.63) is 18.1 Å². The zero-order chi connectivity index (χ0) is 11.1. The lowest BCUT2D eigenvalue weighted by molar-refractivity contribution is 0.471. The normalized spacial score (nSPS) is 33.1. The molecular weight excluding hydrogens is 200 g/mol. The van der Waals surface area contributed by atoms with Crippen LogP contribution in [0.4, 0.5) is 5.82 Å². The number of nitrogens with zero attached hydrogens (tertiary/aromatic N) is 3. The van der Waals surface area contributed by atoms with Crippen LogP contribution in [0.15, 0.2) is 12.3 Å². The van der Waals surface area contributed by atoms with E-state index in [4.69, 9.17) is 0 Å². The van der Waals surface area contributed by atoms with E-state index in [1.165, 1.54) is 0 Å². The Morgan fingerprint density at radius 1 is 1.44 bits per heavy atom. The van der Waals surface area contributed by atoms with Gasteiger partial charge in [-0.2, -0.15) is 0 Å². The molecule has 4 nitrogen and oxygen atoms in total. The second-order valence-corrected chi connectivity index (χ2v) is 4.94. The third-order valence-electron chi connectivity index (χ3n) is 3.99. The van der Waals surface area contributed by atoms with E-state index >= 15 is 0 Å². The van der Waals surface area contributed by atoms with Gasteiger partial charge in [-0.05, 0) is 31.7 Å². The second-order valence-electron chi connectivity index (χ2n) is 4.94. The van der Waals surface area contributed by atoms with Gasteiger partial charge in [0.25, 0.3) is 0 Å². The topological polar surface area (TPSA) is 41.1 Å². The molecule has 0 radical (unpaired) electrons. The molecule has 0 spiro atoms. The Morgan fingerprint density at radius 3 is 3.06 bits per heavy atom. The highest BCUT2D eigenvalue weighted by atomic mass is 15.3. The first kappa shape index (κ1) is 10.0. The Morgan fingerprint density at radius 2 is 2.31 bits per heavy atom. The van der Waals surface area contributed by atoms with Crippen LogP contribution in [0, 0.1) is 18.8 Å². The highest BCUT2D eigenvalue weighted by Gasteiger charge is 2.42. The van der Waals surface area contributed by atoms with Crippen molar-refractivity contribution in [3.63, 3.8) is 0 Å². The number of hydrogen-bond acceptors (Lipinski definition) is 4. The summed E-state index contributed by atoms with van der Waals surface area (Å²) in [5.74, 6) is 3.54. The number of hydrogen-bond donors (Lipinski definition) is 1. The first-order chi connectivity index (χ1) is 7.75. The average Bonchev–Trinajstić information content (AvgIpc) is 2.82. The first-order valence-corrected chi connectivity index (χ1v) is 6.02. The smallest absolute Gasteiger partial charge is 0.132 e. The maximum Gasteiger partial charge on any atom is 0.132 e. The molecule has 2 aliphatic heterocycles. The zero-order valence-electron chi connectivity index (χ0n) is 9.85. The van der Waals surface area contributed by atoms with E-state index in [0.29, 0.717) is 6.04 Å². The number of rotatable bonds is 1. The van der Waals surface area contributed by atoms with Gasteiger partial charge in [0.15, 0.2) is 0 Å². The van der Waals surface area contributed by atoms with Crippen molar-refractivity contribution in [2.24, 2.45) is 11.8 Å². The van der Waals surface area contributed by atoms with Crippen LogP contribution in [-0.2, 0) is 0 Å². The Kier molecular flexibility index (Phi) is 2.32. The zero-order valence-corrected chi connectivity index (χ0v) is 9.85. The first-order valence-electron chi connectivity index (χ1n) is 6.02. The molecule has 3 heterocycles. The maximum absolute atomic E-state index is 4.53. The van der Waals surface area contributed by atoms with Gasteiger partial charge < -0.3 is 10.2 Å². The largest absolute Gasteiger partial charge is 0.353 e. The van der Waals surface area contributed by atoms with Gasteiger partial charge >= 0.3 is 0 Å². The summed E-state index contributed by atoms with van der Waals surface area (Å²) < 4.78 is 0. The molecule has 3 atom stereocenters. The molecule has 0 aliphatic carbocycles. The van der Waals surface area contributed by atoms with Crippen molar-refractivity contribution >= 4 is 5.82 Å². The highest BCUT2D eigenvalue weighted by Crippen LogP contribution is 2.34. The third kappa shape index (κ3) is 1.48. The van der Waals surface area contributed by atoms with Crippen molar-refractivity contribution in [1.29, 1.82) is 0 Å². The Balaban J connectivity index is 1.86. The van der Waals surface area contributed by atoms with Crippen molar-refractivity contribution in [1.82, 2.24) is 15.3 Å². The van der Waals surface area contributed by atoms with E-state index in [1.54, 1.807) is 0 Å². The van der Waals surface area contributed by atoms with Gasteiger partial charge in [-0.15, -0.1) is 0 Å². The molecular formula is C12H18N4. The molecule has 2 aliphatic rings. The summed E-state index contributed by atoms with van der Waals surface area (Å²) in [5.41, 5.74) is 0. The molecule has 1 aromatic heterocycles. The third-order valence-corrected chi connectivity index (χ3v) is 3.99. The van der Waals surface area contributed by atoms with E-state index in [2.05, 4.69) is 27.1 Å². The quantitative estimate of drug-likeness (QED) is 0.758. The molecule has 3 unspecified atom stereocenters. The van der Waals surface area contributed by atoms with Gasteiger partial charge in [-0.25, -0.2) is 9.97 Å². The monoisotopic (exact) mass is 218 g/mol. The fourth-order valence-corrected chi connectivity index (χ4v) is 3.07. The molecule has 86 valence electrons. The number of fused-ring (bicyclic) bond motifs is 1. The van der Waals surface area contributed by atoms with Crippen LogP contribution in [0.3, 0.4) is 0 Å². The van der Waals surface area contributed by atoms with Crippen LogP contribution in [0.25, 0.3) is 0 Å². The number of aromatic nitrogens is 2. The van der Waals surface area contributed by atoms with E-state index in [0.717, 1.165) is 43.1 Å². The summed E-state index contributed by atoms with van der Waals surface area (Å²) in [5, 5.41) is 3.48. The highest BCUT2D eigenvalue weighted by molar-refractivity contribution is 5.41. The molecule has 3 rings (SSSR count). The van der Waals surface area contributed by atoms with Gasteiger partial charge in [0, 0.05) is 31.9 Å². The lowest BCUT2D eigenvalue weighted by Gasteiger charge is -2.25. The van der Waals surface area contributed by atoms with Gasteiger partial charge in [0.05, 0.1) is 0 Å². The minimum atomic E-state index is 0.592. The predicted octanol–water partition coefficient (Wildman–Crippen LogP) is 0.829. The van der Waals surface area contributed by atoms with E-state index in [-0.39, 0.29) is 0 Å². The lowest BCUT2D eigenvalue weighted by Crippen LogP contribution is -2.33. The van der Waals surface area contributed by atoms with Crippen molar-refractivity contribution in [2.45, 2.75) is 19.9 Å². The summed E-state index contributed by atoms with van der Waals surface area (Å²) in [6.07, 6.45) is 1.86. The predicted molar refractivity (Wildman–Crippen MR) is 63.4 cm³/mol. The summed E-state index contributed by atoms with van der Waals surface area (Å²) >= 11 is 0. The summed E-state index contributed by atoms with van der Waals surface area (Å²) in [4.78, 5) is 11.1. The molecule has 0 bridgehead atoms. The molecule has 2 fully saturated rings. The SMILES string of the molecule is Cc1nccc(N2CC3CNCC3C2C)n1. The Labute approximate surface area is 96.1 Å². The lowest BCUT2D eigenvalue weighted by atomic mass is 9.95. The van der Waals surface area contributed by atoms with Crippen LogP contribution in [0.5, 0.6) is 0 Å². The fourth-order valence-electron chi connectivity index (χ4n) is 3.07. The van der Waals surface area contributed by atoms with Crippen molar-refractivity contribution in [2.75, 3.05) is 24.5 Å². The van der Waals surface area contributed by atoms with Crippen molar-refractivity contribution < 1.29 is 0 Å². The van der Waals surface area contributed by atoms with Gasteiger partial charge in [0.2, 0.25) is 0 Å². The summed E-state index contributed by atoms with van der Waals surface area (Å²) in [6.45, 7) is 7.72. The molecule has 0 aromatic carbocycles. The molecule has 1 N–H and O–H groups in total. The fraction of sp³-hybridized carbons (Fsp3) is 0.667. The minimum Gasteiger partial charge on any atom is -0.353 e. The van der Waals surface area contributed by atoms with E-state index in [1.807, 2.05) is 19.2 Å². The minimum absolute atomic E-state index is 0.592. The summed E-state index contributed by atoms with van der Waals surface area (Å²) in [7, 11) is 0. The van der Waals surface area contributed by atoms with Gasteiger partial charge in [-0.3, -0.25) is 0 Å². The number of nitrogens with one attached hydrogen (secondary N) is 1. The van der Waals surface area contributed by atoms with Gasteiger partial charge in [0.1, 0.15) is 11.6 Å². The average molecular weight is 218 g/mol. The number of anilines is 1. The molecule has 16 heavy (non-hydrogen) atoms. The molecule has 0 amide bonds. The van der Waals surface area contributed by atoms with Crippen LogP contribution in [-0.4, -0.2) is 35.6 Å². The number of aryl methyl sites for hydroxylation is 1. The second kappa shape index (κ2) is 3.70. The van der Waals surface area contributed by atoms with Crippen LogP contribution in [0.1, 0.15) is 12.7 Å². The molecule has 1 aromatic rings. The van der Waals surface area contributed by atoms with Crippen molar-refractivity contribution in [3.8, 4) is 0 Å². The van der Waals surface area contributed by atoms with Crippen LogP contribution < -0.4 is 10.2 Å². The van der Waals surface area contributed by atoms with Gasteiger partial charge in [-0.1, -0.05) is 0 Å².